The second kappa shape index (κ2) is 5.23. The molecule has 2 unspecified atom stereocenters. The van der Waals surface area contributed by atoms with Crippen LogP contribution in [0.3, 0.4) is 0 Å². The fourth-order valence-corrected chi connectivity index (χ4v) is 3.15. The quantitative estimate of drug-likeness (QED) is 0.809. The molecule has 0 fully saturated rings. The molecule has 3 aromatic rings. The number of rotatable bonds is 3. The molecule has 2 atom stereocenters. The van der Waals surface area contributed by atoms with Crippen LogP contribution in [0.25, 0.3) is 17.7 Å². The highest BCUT2D eigenvalue weighted by Gasteiger charge is 2.16. The van der Waals surface area contributed by atoms with E-state index in [-0.39, 0.29) is 5.92 Å². The SMILES string of the molecule is OC(CC1C=Cc2cn3nncc3c2=C1)c1cccc(Cl)c1. The van der Waals surface area contributed by atoms with Crippen molar-refractivity contribution in [3.8, 4) is 0 Å². The Hall–Kier alpha value is -2.17. The van der Waals surface area contributed by atoms with Crippen LogP contribution in [0.1, 0.15) is 23.7 Å². The van der Waals surface area contributed by atoms with Crippen LogP contribution < -0.4 is 5.22 Å². The monoisotopic (exact) mass is 311 g/mol. The summed E-state index contributed by atoms with van der Waals surface area (Å²) in [5.41, 5.74) is 2.98. The third-order valence-corrected chi connectivity index (χ3v) is 4.29. The van der Waals surface area contributed by atoms with Gasteiger partial charge in [-0.3, -0.25) is 0 Å². The third-order valence-electron chi connectivity index (χ3n) is 4.06. The number of aliphatic hydroxyl groups excluding tert-OH is 1. The number of fused-ring (bicyclic) bond motifs is 3. The number of halogens is 1. The molecule has 110 valence electrons. The molecule has 1 aliphatic carbocycles. The molecule has 0 spiro atoms. The Kier molecular flexibility index (Phi) is 3.21. The van der Waals surface area contributed by atoms with Crippen molar-refractivity contribution < 1.29 is 5.11 Å². The predicted molar refractivity (Wildman–Crippen MR) is 86.2 cm³/mol. The first-order chi connectivity index (χ1) is 10.7. The summed E-state index contributed by atoms with van der Waals surface area (Å²) in [5, 5.41) is 20.1. The van der Waals surface area contributed by atoms with E-state index in [0.29, 0.717) is 11.4 Å². The van der Waals surface area contributed by atoms with E-state index < -0.39 is 6.10 Å². The number of aliphatic hydroxyl groups is 1. The number of allylic oxidation sites excluding steroid dienone is 1. The number of hydrogen-bond donors (Lipinski definition) is 1. The van der Waals surface area contributed by atoms with Gasteiger partial charge in [0.2, 0.25) is 0 Å². The van der Waals surface area contributed by atoms with Gasteiger partial charge in [0, 0.05) is 22.0 Å². The van der Waals surface area contributed by atoms with Gasteiger partial charge in [-0.05, 0) is 30.0 Å². The van der Waals surface area contributed by atoms with Crippen molar-refractivity contribution in [2.75, 3.05) is 0 Å². The molecule has 22 heavy (non-hydrogen) atoms. The van der Waals surface area contributed by atoms with Gasteiger partial charge in [0.15, 0.2) is 0 Å². The van der Waals surface area contributed by atoms with E-state index in [2.05, 4.69) is 28.5 Å². The standard InChI is InChI=1S/C17H14ClN3O/c18-14-3-1-2-12(8-14)17(22)7-11-4-5-13-10-21-16(9-19-20-21)15(13)6-11/h1-6,8-11,17,22H,7H2. The molecular weight excluding hydrogens is 298 g/mol. The summed E-state index contributed by atoms with van der Waals surface area (Å²) >= 11 is 5.99. The van der Waals surface area contributed by atoms with E-state index >= 15 is 0 Å². The number of hydrogen-bond acceptors (Lipinski definition) is 3. The highest BCUT2D eigenvalue weighted by Crippen LogP contribution is 2.27. The van der Waals surface area contributed by atoms with Gasteiger partial charge in [-0.2, -0.15) is 0 Å². The molecule has 4 rings (SSSR count). The summed E-state index contributed by atoms with van der Waals surface area (Å²) in [6.07, 6.45) is 10.2. The van der Waals surface area contributed by atoms with Crippen LogP contribution in [0.15, 0.2) is 42.7 Å². The highest BCUT2D eigenvalue weighted by atomic mass is 35.5. The van der Waals surface area contributed by atoms with Crippen LogP contribution in [0.5, 0.6) is 0 Å². The Morgan fingerprint density at radius 3 is 3.14 bits per heavy atom. The van der Waals surface area contributed by atoms with Crippen molar-refractivity contribution in [2.45, 2.75) is 12.5 Å². The van der Waals surface area contributed by atoms with Crippen LogP contribution in [-0.2, 0) is 0 Å². The number of benzene rings is 1. The molecule has 2 aromatic heterocycles. The van der Waals surface area contributed by atoms with E-state index in [4.69, 9.17) is 11.6 Å². The molecule has 2 heterocycles. The molecular formula is C17H14ClN3O. The lowest BCUT2D eigenvalue weighted by Crippen LogP contribution is -2.12. The van der Waals surface area contributed by atoms with Crippen molar-refractivity contribution in [1.82, 2.24) is 14.8 Å². The number of aromatic nitrogens is 3. The van der Waals surface area contributed by atoms with Gasteiger partial charge >= 0.3 is 0 Å². The largest absolute Gasteiger partial charge is 0.388 e. The first-order valence-corrected chi connectivity index (χ1v) is 7.55. The van der Waals surface area contributed by atoms with Gasteiger partial charge < -0.3 is 5.11 Å². The first kappa shape index (κ1) is 13.5. The number of nitrogens with zero attached hydrogens (tertiary/aromatic N) is 3. The average molecular weight is 312 g/mol. The first-order valence-electron chi connectivity index (χ1n) is 7.17. The van der Waals surface area contributed by atoms with Crippen molar-refractivity contribution >= 4 is 29.3 Å². The smallest absolute Gasteiger partial charge is 0.0941 e. The Bertz CT molecular complexity index is 915. The average Bonchev–Trinajstić information content (AvgIpc) is 3.08. The summed E-state index contributed by atoms with van der Waals surface area (Å²) in [7, 11) is 0. The molecule has 0 bridgehead atoms. The predicted octanol–water partition coefficient (Wildman–Crippen LogP) is 2.65. The molecule has 0 saturated heterocycles. The molecule has 1 aliphatic rings. The molecule has 0 amide bonds. The van der Waals surface area contributed by atoms with Gasteiger partial charge in [-0.25, -0.2) is 4.52 Å². The maximum atomic E-state index is 10.4. The van der Waals surface area contributed by atoms with Crippen molar-refractivity contribution in [3.63, 3.8) is 0 Å². The fraction of sp³-hybridized carbons (Fsp3) is 0.176. The van der Waals surface area contributed by atoms with Gasteiger partial charge in [0.05, 0.1) is 17.8 Å². The normalized spacial score (nSPS) is 18.2. The molecule has 4 nitrogen and oxygen atoms in total. The third kappa shape index (κ3) is 2.30. The minimum Gasteiger partial charge on any atom is -0.388 e. The second-order valence-corrected chi connectivity index (χ2v) is 5.99. The topological polar surface area (TPSA) is 50.4 Å². The van der Waals surface area contributed by atoms with Crippen LogP contribution >= 0.6 is 11.6 Å². The lowest BCUT2D eigenvalue weighted by molar-refractivity contribution is 0.161. The minimum absolute atomic E-state index is 0.169. The molecule has 5 heteroatoms. The van der Waals surface area contributed by atoms with Crippen molar-refractivity contribution in [2.24, 2.45) is 5.92 Å². The zero-order valence-corrected chi connectivity index (χ0v) is 12.5. The van der Waals surface area contributed by atoms with E-state index in [1.165, 1.54) is 0 Å². The zero-order valence-electron chi connectivity index (χ0n) is 11.7. The van der Waals surface area contributed by atoms with Gasteiger partial charge in [-0.15, -0.1) is 5.10 Å². The fourth-order valence-electron chi connectivity index (χ4n) is 2.95. The molecule has 1 N–H and O–H groups in total. The van der Waals surface area contributed by atoms with Gasteiger partial charge in [0.25, 0.3) is 0 Å². The Labute approximate surface area is 132 Å². The Morgan fingerprint density at radius 2 is 2.27 bits per heavy atom. The lowest BCUT2D eigenvalue weighted by Gasteiger charge is -2.16. The molecule has 0 radical (unpaired) electrons. The summed E-state index contributed by atoms with van der Waals surface area (Å²) in [5.74, 6) is 0.169. The lowest BCUT2D eigenvalue weighted by atomic mass is 9.92. The van der Waals surface area contributed by atoms with Gasteiger partial charge in [-0.1, -0.05) is 47.2 Å². The summed E-state index contributed by atoms with van der Waals surface area (Å²) in [6, 6.07) is 7.38. The summed E-state index contributed by atoms with van der Waals surface area (Å²) in [4.78, 5) is 0. The maximum Gasteiger partial charge on any atom is 0.0941 e. The van der Waals surface area contributed by atoms with Crippen LogP contribution in [0.2, 0.25) is 5.02 Å². The van der Waals surface area contributed by atoms with Crippen LogP contribution in [0.4, 0.5) is 0 Å². The van der Waals surface area contributed by atoms with E-state index in [0.717, 1.165) is 21.9 Å². The second-order valence-electron chi connectivity index (χ2n) is 5.56. The summed E-state index contributed by atoms with van der Waals surface area (Å²) < 4.78 is 1.78. The van der Waals surface area contributed by atoms with Crippen molar-refractivity contribution in [3.05, 3.63) is 64.1 Å². The summed E-state index contributed by atoms with van der Waals surface area (Å²) in [6.45, 7) is 0. The Balaban J connectivity index is 1.63. The Morgan fingerprint density at radius 1 is 1.36 bits per heavy atom. The van der Waals surface area contributed by atoms with E-state index in [1.807, 2.05) is 30.5 Å². The van der Waals surface area contributed by atoms with E-state index in [9.17, 15) is 5.11 Å². The molecule has 1 aromatic carbocycles. The van der Waals surface area contributed by atoms with Gasteiger partial charge in [0.1, 0.15) is 0 Å². The van der Waals surface area contributed by atoms with Crippen molar-refractivity contribution in [1.29, 1.82) is 0 Å². The highest BCUT2D eigenvalue weighted by molar-refractivity contribution is 6.30. The maximum absolute atomic E-state index is 10.4. The molecule has 0 saturated carbocycles. The van der Waals surface area contributed by atoms with Crippen LogP contribution in [-0.4, -0.2) is 19.9 Å². The molecule has 0 aliphatic heterocycles. The van der Waals surface area contributed by atoms with Crippen LogP contribution in [0, 0.1) is 5.92 Å². The zero-order chi connectivity index (χ0) is 15.1. The van der Waals surface area contributed by atoms with E-state index in [1.54, 1.807) is 10.7 Å². The minimum atomic E-state index is -0.542.